The van der Waals surface area contributed by atoms with Crippen molar-refractivity contribution in [3.8, 4) is 0 Å². The maximum Gasteiger partial charge on any atom is 0.126 e. The van der Waals surface area contributed by atoms with E-state index in [-0.39, 0.29) is 5.54 Å². The SMILES string of the molecule is Cc1ccc(NC2(CCl)CCC2)nc1. The van der Waals surface area contributed by atoms with Crippen molar-refractivity contribution in [3.05, 3.63) is 23.9 Å². The first-order valence-corrected chi connectivity index (χ1v) is 5.54. The van der Waals surface area contributed by atoms with Crippen molar-refractivity contribution in [3.63, 3.8) is 0 Å². The van der Waals surface area contributed by atoms with Crippen LogP contribution in [0.3, 0.4) is 0 Å². The van der Waals surface area contributed by atoms with Gasteiger partial charge in [0, 0.05) is 12.1 Å². The molecule has 1 aliphatic carbocycles. The zero-order valence-electron chi connectivity index (χ0n) is 8.39. The van der Waals surface area contributed by atoms with E-state index in [0.717, 1.165) is 18.7 Å². The van der Waals surface area contributed by atoms with Gasteiger partial charge in [-0.2, -0.15) is 0 Å². The van der Waals surface area contributed by atoms with E-state index in [4.69, 9.17) is 11.6 Å². The first-order chi connectivity index (χ1) is 6.74. The highest BCUT2D eigenvalue weighted by atomic mass is 35.5. The molecule has 0 amide bonds. The molecule has 1 N–H and O–H groups in total. The predicted molar refractivity (Wildman–Crippen MR) is 59.9 cm³/mol. The number of hydrogen-bond donors (Lipinski definition) is 1. The number of hydrogen-bond acceptors (Lipinski definition) is 2. The zero-order chi connectivity index (χ0) is 10.0. The number of aryl methyl sites for hydroxylation is 1. The third-order valence-corrected chi connectivity index (χ3v) is 3.38. The summed E-state index contributed by atoms with van der Waals surface area (Å²) in [5.41, 5.74) is 1.30. The van der Waals surface area contributed by atoms with Crippen LogP contribution in [0.4, 0.5) is 5.82 Å². The van der Waals surface area contributed by atoms with E-state index >= 15 is 0 Å². The molecule has 3 heteroatoms. The normalized spacial score (nSPS) is 18.7. The van der Waals surface area contributed by atoms with Crippen molar-refractivity contribution in [1.29, 1.82) is 0 Å². The number of halogens is 1. The van der Waals surface area contributed by atoms with Gasteiger partial charge in [0.15, 0.2) is 0 Å². The molecule has 1 aromatic rings. The number of aromatic nitrogens is 1. The summed E-state index contributed by atoms with van der Waals surface area (Å²) >= 11 is 5.95. The van der Waals surface area contributed by atoms with Gasteiger partial charge >= 0.3 is 0 Å². The fourth-order valence-corrected chi connectivity index (χ4v) is 2.04. The van der Waals surface area contributed by atoms with Crippen molar-refractivity contribution in [1.82, 2.24) is 4.98 Å². The summed E-state index contributed by atoms with van der Waals surface area (Å²) in [7, 11) is 0. The molecule has 1 aliphatic rings. The molecular formula is C11H15ClN2. The van der Waals surface area contributed by atoms with Gasteiger partial charge in [0.1, 0.15) is 5.82 Å². The van der Waals surface area contributed by atoms with Gasteiger partial charge in [0.05, 0.1) is 5.54 Å². The van der Waals surface area contributed by atoms with Gasteiger partial charge in [0.25, 0.3) is 0 Å². The van der Waals surface area contributed by atoms with Gasteiger partial charge in [-0.25, -0.2) is 4.98 Å². The molecule has 0 bridgehead atoms. The summed E-state index contributed by atoms with van der Waals surface area (Å²) < 4.78 is 0. The topological polar surface area (TPSA) is 24.9 Å². The smallest absolute Gasteiger partial charge is 0.126 e. The molecule has 0 radical (unpaired) electrons. The third-order valence-electron chi connectivity index (χ3n) is 2.87. The molecule has 1 heterocycles. The summed E-state index contributed by atoms with van der Waals surface area (Å²) in [6.45, 7) is 2.04. The molecule has 1 saturated carbocycles. The molecule has 1 aromatic heterocycles. The second-order valence-corrected chi connectivity index (χ2v) is 4.38. The van der Waals surface area contributed by atoms with Gasteiger partial charge in [-0.05, 0) is 37.8 Å². The quantitative estimate of drug-likeness (QED) is 0.776. The lowest BCUT2D eigenvalue weighted by Gasteiger charge is -2.41. The van der Waals surface area contributed by atoms with E-state index in [9.17, 15) is 0 Å². The zero-order valence-corrected chi connectivity index (χ0v) is 9.14. The average Bonchev–Trinajstić information content (AvgIpc) is 2.15. The van der Waals surface area contributed by atoms with Crippen molar-refractivity contribution in [2.24, 2.45) is 0 Å². The Kier molecular flexibility index (Phi) is 2.64. The molecule has 76 valence electrons. The highest BCUT2D eigenvalue weighted by Gasteiger charge is 2.36. The molecular weight excluding hydrogens is 196 g/mol. The van der Waals surface area contributed by atoms with Gasteiger partial charge in [-0.1, -0.05) is 6.07 Å². The standard InChI is InChI=1S/C11H15ClN2/c1-9-3-4-10(13-7-9)14-11(8-12)5-2-6-11/h3-4,7H,2,5-6,8H2,1H3,(H,13,14). The Morgan fingerprint density at radius 3 is 2.71 bits per heavy atom. The maximum atomic E-state index is 5.95. The van der Waals surface area contributed by atoms with Crippen LogP contribution in [0.1, 0.15) is 24.8 Å². The van der Waals surface area contributed by atoms with E-state index in [1.54, 1.807) is 0 Å². The first-order valence-electron chi connectivity index (χ1n) is 5.01. The summed E-state index contributed by atoms with van der Waals surface area (Å²) in [6, 6.07) is 4.08. The minimum absolute atomic E-state index is 0.115. The molecule has 2 nitrogen and oxygen atoms in total. The second kappa shape index (κ2) is 3.77. The van der Waals surface area contributed by atoms with Crippen molar-refractivity contribution >= 4 is 17.4 Å². The van der Waals surface area contributed by atoms with Crippen LogP contribution < -0.4 is 5.32 Å². The molecule has 2 rings (SSSR count). The third kappa shape index (κ3) is 1.85. The predicted octanol–water partition coefficient (Wildman–Crippen LogP) is 2.96. The number of nitrogens with zero attached hydrogens (tertiary/aromatic N) is 1. The highest BCUT2D eigenvalue weighted by molar-refractivity contribution is 6.19. The molecule has 0 unspecified atom stereocenters. The minimum atomic E-state index is 0.115. The minimum Gasteiger partial charge on any atom is -0.363 e. The van der Waals surface area contributed by atoms with E-state index in [1.165, 1.54) is 12.0 Å². The number of nitrogens with one attached hydrogen (secondary N) is 1. The second-order valence-electron chi connectivity index (χ2n) is 4.11. The van der Waals surface area contributed by atoms with Gasteiger partial charge in [-0.3, -0.25) is 0 Å². The van der Waals surface area contributed by atoms with E-state index in [0.29, 0.717) is 5.88 Å². The van der Waals surface area contributed by atoms with Crippen LogP contribution in [-0.4, -0.2) is 16.4 Å². The fraction of sp³-hybridized carbons (Fsp3) is 0.545. The molecule has 14 heavy (non-hydrogen) atoms. The summed E-state index contributed by atoms with van der Waals surface area (Å²) in [5, 5.41) is 3.43. The van der Waals surface area contributed by atoms with Gasteiger partial charge in [-0.15, -0.1) is 11.6 Å². The van der Waals surface area contributed by atoms with Crippen LogP contribution in [0.2, 0.25) is 0 Å². The van der Waals surface area contributed by atoms with E-state index < -0.39 is 0 Å². The van der Waals surface area contributed by atoms with Crippen LogP contribution in [0.15, 0.2) is 18.3 Å². The lowest BCUT2D eigenvalue weighted by molar-refractivity contribution is 0.310. The maximum absolute atomic E-state index is 5.95. The Morgan fingerprint density at radius 1 is 1.50 bits per heavy atom. The number of anilines is 1. The Bertz CT molecular complexity index is 298. The van der Waals surface area contributed by atoms with Gasteiger partial charge < -0.3 is 5.32 Å². The Hall–Kier alpha value is -0.760. The van der Waals surface area contributed by atoms with Crippen LogP contribution in [0, 0.1) is 6.92 Å². The molecule has 0 spiro atoms. The molecule has 0 atom stereocenters. The largest absolute Gasteiger partial charge is 0.363 e. The Morgan fingerprint density at radius 2 is 2.29 bits per heavy atom. The summed E-state index contributed by atoms with van der Waals surface area (Å²) in [6.07, 6.45) is 5.46. The average molecular weight is 211 g/mol. The van der Waals surface area contributed by atoms with E-state index in [2.05, 4.69) is 16.4 Å². The van der Waals surface area contributed by atoms with Crippen molar-refractivity contribution < 1.29 is 0 Å². The van der Waals surface area contributed by atoms with Crippen molar-refractivity contribution in [2.75, 3.05) is 11.2 Å². The lowest BCUT2D eigenvalue weighted by Crippen LogP contribution is -2.47. The molecule has 0 aromatic carbocycles. The van der Waals surface area contributed by atoms with Gasteiger partial charge in [0.2, 0.25) is 0 Å². The highest BCUT2D eigenvalue weighted by Crippen LogP contribution is 2.35. The summed E-state index contributed by atoms with van der Waals surface area (Å²) in [5.74, 6) is 1.61. The first kappa shape index (κ1) is 9.78. The number of rotatable bonds is 3. The lowest BCUT2D eigenvalue weighted by atomic mass is 9.78. The molecule has 0 saturated heterocycles. The van der Waals surface area contributed by atoms with Crippen LogP contribution in [0.5, 0.6) is 0 Å². The summed E-state index contributed by atoms with van der Waals surface area (Å²) in [4.78, 5) is 4.32. The Labute approximate surface area is 89.7 Å². The monoisotopic (exact) mass is 210 g/mol. The van der Waals surface area contributed by atoms with Crippen LogP contribution >= 0.6 is 11.6 Å². The van der Waals surface area contributed by atoms with Crippen molar-refractivity contribution in [2.45, 2.75) is 31.7 Å². The van der Waals surface area contributed by atoms with Crippen LogP contribution in [-0.2, 0) is 0 Å². The molecule has 0 aliphatic heterocycles. The number of alkyl halides is 1. The van der Waals surface area contributed by atoms with Crippen LogP contribution in [0.25, 0.3) is 0 Å². The van der Waals surface area contributed by atoms with E-state index in [1.807, 2.05) is 19.2 Å². The molecule has 1 fully saturated rings. The number of pyridine rings is 1. The Balaban J connectivity index is 2.06. The fourth-order valence-electron chi connectivity index (χ4n) is 1.71.